The van der Waals surface area contributed by atoms with Crippen LogP contribution in [-0.4, -0.2) is 21.7 Å². The third-order valence-electron chi connectivity index (χ3n) is 0.177. The highest BCUT2D eigenvalue weighted by Gasteiger charge is 2.04. The lowest BCUT2D eigenvalue weighted by molar-refractivity contribution is 0.475. The molecule has 0 saturated heterocycles. The van der Waals surface area contributed by atoms with Gasteiger partial charge >= 0.3 is 10.3 Å². The quantitative estimate of drug-likeness (QED) is 0.338. The monoisotopic (exact) mass is 161 g/mol. The Bertz CT molecular complexity index is 177. The van der Waals surface area contributed by atoms with Gasteiger partial charge < -0.3 is 0 Å². The number of hydrogen-bond acceptors (Lipinski definition) is 3. The molecule has 8 heavy (non-hydrogen) atoms. The Morgan fingerprint density at radius 3 is 1.88 bits per heavy atom. The van der Waals surface area contributed by atoms with Crippen molar-refractivity contribution in [3.05, 3.63) is 0 Å². The van der Waals surface area contributed by atoms with Crippen molar-refractivity contribution in [2.75, 3.05) is 0 Å². The maximum atomic E-state index is 9.53. The van der Waals surface area contributed by atoms with Crippen LogP contribution < -0.4 is 4.13 Å². The van der Waals surface area contributed by atoms with Gasteiger partial charge in [-0.05, 0) is 0 Å². The van der Waals surface area contributed by atoms with E-state index in [1.165, 1.54) is 0 Å². The molecule has 1 atom stereocenters. The smallest absolute Gasteiger partial charge is 0.293 e. The van der Waals surface area contributed by atoms with Gasteiger partial charge in [-0.1, -0.05) is 4.13 Å². The third kappa shape index (κ3) is 5.98. The van der Waals surface area contributed by atoms with Gasteiger partial charge in [0.25, 0.3) is 0 Å². The molecule has 0 radical (unpaired) electrons. The van der Waals surface area contributed by atoms with Crippen molar-refractivity contribution in [3.63, 3.8) is 0 Å². The van der Waals surface area contributed by atoms with Crippen LogP contribution in [0.5, 0.6) is 0 Å². The van der Waals surface area contributed by atoms with E-state index in [9.17, 15) is 12.6 Å². The molecule has 0 aromatic heterocycles. The molecule has 0 aromatic rings. The lowest BCUT2D eigenvalue weighted by Gasteiger charge is -1.88. The van der Waals surface area contributed by atoms with Gasteiger partial charge in [0.15, 0.2) is 0 Å². The molecule has 1 unspecified atom stereocenters. The molecule has 0 rings (SSSR count). The fourth-order valence-corrected chi connectivity index (χ4v) is 0.811. The molecule has 0 amide bonds. The second-order valence-electron chi connectivity index (χ2n) is 0.808. The van der Waals surface area contributed by atoms with Crippen molar-refractivity contribution in [1.29, 1.82) is 0 Å². The molecule has 0 saturated carbocycles. The zero-order valence-corrected chi connectivity index (χ0v) is 5.07. The minimum Gasteiger partial charge on any atom is -0.293 e. The Kier molecular flexibility index (Phi) is 2.50. The van der Waals surface area contributed by atoms with E-state index in [0.717, 1.165) is 4.13 Å². The molecule has 0 aromatic carbocycles. The summed E-state index contributed by atoms with van der Waals surface area (Å²) in [5.41, 5.74) is 0. The first-order valence-electron chi connectivity index (χ1n) is 1.27. The Hall–Kier alpha value is -0.0200. The number of rotatable bonds is 2. The summed E-state index contributed by atoms with van der Waals surface area (Å²) in [5, 5.41) is 0. The summed E-state index contributed by atoms with van der Waals surface area (Å²) >= 11 is -2.72. The summed E-state index contributed by atoms with van der Waals surface area (Å²) in [6.07, 6.45) is 0. The molecule has 50 valence electrons. The second-order valence-corrected chi connectivity index (χ2v) is 2.92. The number of nitrogens with one attached hydrogen (secondary N) is 1. The van der Waals surface area contributed by atoms with Crippen molar-refractivity contribution < 1.29 is 21.7 Å². The van der Waals surface area contributed by atoms with Gasteiger partial charge in [0.05, 0.1) is 0 Å². The van der Waals surface area contributed by atoms with E-state index in [2.05, 4.69) is 0 Å². The zero-order chi connectivity index (χ0) is 6.78. The molecule has 0 aliphatic carbocycles. The van der Waals surface area contributed by atoms with Gasteiger partial charge in [-0.25, -0.2) is 4.21 Å². The fourth-order valence-electron chi connectivity index (χ4n) is 0.0901. The Balaban J connectivity index is 3.95. The standard InChI is InChI=1S/H3NO5S2/c2-7(3)1-8(4,5)6/h1H,(H,2,3)(H,4,5,6). The Labute approximate surface area is 48.2 Å². The molecule has 0 heterocycles. The summed E-state index contributed by atoms with van der Waals surface area (Å²) in [7, 11) is -4.52. The van der Waals surface area contributed by atoms with Gasteiger partial charge in [0.2, 0.25) is 11.3 Å². The molecular formula is H3NO5S2. The first-order valence-corrected chi connectivity index (χ1v) is 3.82. The van der Waals surface area contributed by atoms with E-state index in [0.29, 0.717) is 0 Å². The van der Waals surface area contributed by atoms with Crippen LogP contribution >= 0.6 is 0 Å². The van der Waals surface area contributed by atoms with Crippen LogP contribution in [-0.2, 0) is 21.6 Å². The van der Waals surface area contributed by atoms with Gasteiger partial charge in [0.1, 0.15) is 0 Å². The minimum atomic E-state index is -4.52. The van der Waals surface area contributed by atoms with Crippen LogP contribution in [0.3, 0.4) is 0 Å². The van der Waals surface area contributed by atoms with Crippen molar-refractivity contribution in [2.24, 2.45) is 0 Å². The normalized spacial score (nSPS) is 15.8. The largest absolute Gasteiger partial charge is 0.346 e. The average molecular weight is 161 g/mol. The zero-order valence-electron chi connectivity index (χ0n) is 3.44. The first-order chi connectivity index (χ1) is 3.42. The van der Waals surface area contributed by atoms with Crippen molar-refractivity contribution in [3.8, 4) is 0 Å². The SMILES string of the molecule is O=S(O)NS(=O)(=O)O. The van der Waals surface area contributed by atoms with Crippen molar-refractivity contribution in [2.45, 2.75) is 0 Å². The average Bonchev–Trinajstić information content (AvgIpc) is 1.21. The van der Waals surface area contributed by atoms with Crippen LogP contribution in [0.4, 0.5) is 0 Å². The van der Waals surface area contributed by atoms with E-state index >= 15 is 0 Å². The minimum absolute atomic E-state index is 0.938. The van der Waals surface area contributed by atoms with E-state index < -0.39 is 21.6 Å². The van der Waals surface area contributed by atoms with Crippen molar-refractivity contribution >= 4 is 21.6 Å². The molecule has 0 aliphatic rings. The lowest BCUT2D eigenvalue weighted by atomic mass is 13.9. The summed E-state index contributed by atoms with van der Waals surface area (Å²) in [6, 6.07) is 0. The predicted molar refractivity (Wildman–Crippen MR) is 25.5 cm³/mol. The molecule has 0 spiro atoms. The fraction of sp³-hybridized carbons (Fsp3) is 0. The van der Waals surface area contributed by atoms with Gasteiger partial charge in [-0.2, -0.15) is 8.42 Å². The van der Waals surface area contributed by atoms with Gasteiger partial charge in [-0.3, -0.25) is 9.11 Å². The third-order valence-corrected chi connectivity index (χ3v) is 1.59. The van der Waals surface area contributed by atoms with E-state index in [-0.39, 0.29) is 0 Å². The highest BCUT2D eigenvalue weighted by molar-refractivity contribution is 7.96. The van der Waals surface area contributed by atoms with Crippen LogP contribution in [0.15, 0.2) is 0 Å². The highest BCUT2D eigenvalue weighted by atomic mass is 32.3. The van der Waals surface area contributed by atoms with Crippen LogP contribution in [0, 0.1) is 0 Å². The van der Waals surface area contributed by atoms with Gasteiger partial charge in [-0.15, -0.1) is 0 Å². The second kappa shape index (κ2) is 2.51. The molecule has 0 bridgehead atoms. The number of hydrogen-bond donors (Lipinski definition) is 3. The summed E-state index contributed by atoms with van der Waals surface area (Å²) in [4.78, 5) is 0. The summed E-state index contributed by atoms with van der Waals surface area (Å²) < 4.78 is 44.9. The lowest BCUT2D eigenvalue weighted by Crippen LogP contribution is -2.23. The molecule has 6 nitrogen and oxygen atoms in total. The van der Waals surface area contributed by atoms with Crippen molar-refractivity contribution in [1.82, 2.24) is 4.13 Å². The topological polar surface area (TPSA) is 104 Å². The highest BCUT2D eigenvalue weighted by Crippen LogP contribution is 1.71. The molecule has 3 N–H and O–H groups in total. The summed E-state index contributed by atoms with van der Waals surface area (Å²) in [5.74, 6) is 0. The first kappa shape index (κ1) is 7.98. The van der Waals surface area contributed by atoms with Crippen LogP contribution in [0.2, 0.25) is 0 Å². The van der Waals surface area contributed by atoms with Crippen LogP contribution in [0.1, 0.15) is 0 Å². The molecule has 0 fully saturated rings. The van der Waals surface area contributed by atoms with E-state index in [4.69, 9.17) is 9.11 Å². The van der Waals surface area contributed by atoms with E-state index in [1.54, 1.807) is 0 Å². The van der Waals surface area contributed by atoms with Gasteiger partial charge in [0, 0.05) is 0 Å². The molecule has 0 aliphatic heterocycles. The van der Waals surface area contributed by atoms with Crippen LogP contribution in [0.25, 0.3) is 0 Å². The predicted octanol–water partition coefficient (Wildman–Crippen LogP) is -1.48. The Morgan fingerprint density at radius 2 is 1.88 bits per heavy atom. The maximum absolute atomic E-state index is 9.53. The Morgan fingerprint density at radius 1 is 1.50 bits per heavy atom. The summed E-state index contributed by atoms with van der Waals surface area (Å²) in [6.45, 7) is 0. The molecule has 8 heteroatoms. The molecular weight excluding hydrogens is 158 g/mol. The maximum Gasteiger partial charge on any atom is 0.346 e. The van der Waals surface area contributed by atoms with E-state index in [1.807, 2.05) is 0 Å².